The lowest BCUT2D eigenvalue weighted by Crippen LogP contribution is -2.43. The molecule has 1 fully saturated rings. The predicted octanol–water partition coefficient (Wildman–Crippen LogP) is 2.15. The van der Waals surface area contributed by atoms with E-state index in [4.69, 9.17) is 0 Å². The van der Waals surface area contributed by atoms with E-state index in [1.54, 1.807) is 25.3 Å². The van der Waals surface area contributed by atoms with E-state index in [2.05, 4.69) is 10.3 Å². The minimum atomic E-state index is -0.819. The molecular formula is C15H20N2O3. The van der Waals surface area contributed by atoms with Crippen LogP contribution in [0.5, 0.6) is 0 Å². The number of carboxylic acid groups (broad SMARTS) is 1. The number of pyridine rings is 1. The van der Waals surface area contributed by atoms with Gasteiger partial charge in [-0.05, 0) is 31.9 Å². The van der Waals surface area contributed by atoms with Crippen LogP contribution in [-0.4, -0.2) is 28.0 Å². The average Bonchev–Trinajstić information content (AvgIpc) is 2.64. The van der Waals surface area contributed by atoms with Crippen LogP contribution >= 0.6 is 0 Å². The summed E-state index contributed by atoms with van der Waals surface area (Å²) in [6.45, 7) is 1.77. The van der Waals surface area contributed by atoms with Crippen molar-refractivity contribution in [2.24, 2.45) is 5.92 Å². The molecule has 0 aliphatic heterocycles. The van der Waals surface area contributed by atoms with Gasteiger partial charge in [-0.25, -0.2) is 0 Å². The van der Waals surface area contributed by atoms with E-state index in [9.17, 15) is 14.7 Å². The van der Waals surface area contributed by atoms with Gasteiger partial charge in [0.1, 0.15) is 0 Å². The van der Waals surface area contributed by atoms with Crippen molar-refractivity contribution in [1.29, 1.82) is 0 Å². The van der Waals surface area contributed by atoms with Crippen molar-refractivity contribution in [1.82, 2.24) is 10.3 Å². The second-order valence-electron chi connectivity index (χ2n) is 5.30. The summed E-state index contributed by atoms with van der Waals surface area (Å²) < 4.78 is 0. The number of rotatable bonds is 3. The summed E-state index contributed by atoms with van der Waals surface area (Å²) in [4.78, 5) is 27.7. The third kappa shape index (κ3) is 3.35. The summed E-state index contributed by atoms with van der Waals surface area (Å²) in [5, 5.41) is 12.2. The van der Waals surface area contributed by atoms with Crippen LogP contribution in [0.4, 0.5) is 0 Å². The first-order valence-corrected chi connectivity index (χ1v) is 7.05. The number of hydrogen-bond donors (Lipinski definition) is 2. The van der Waals surface area contributed by atoms with Crippen molar-refractivity contribution >= 4 is 11.9 Å². The van der Waals surface area contributed by atoms with Crippen molar-refractivity contribution in [3.05, 3.63) is 29.6 Å². The first-order chi connectivity index (χ1) is 9.59. The Morgan fingerprint density at radius 1 is 1.30 bits per heavy atom. The Balaban J connectivity index is 2.12. The molecule has 1 aliphatic rings. The maximum Gasteiger partial charge on any atom is 0.308 e. The Morgan fingerprint density at radius 3 is 2.75 bits per heavy atom. The number of aromatic nitrogens is 1. The molecule has 0 aromatic carbocycles. The van der Waals surface area contributed by atoms with E-state index in [1.165, 1.54) is 0 Å². The van der Waals surface area contributed by atoms with Gasteiger partial charge in [0.25, 0.3) is 5.91 Å². The highest BCUT2D eigenvalue weighted by atomic mass is 16.4. The van der Waals surface area contributed by atoms with Crippen LogP contribution in [-0.2, 0) is 4.79 Å². The van der Waals surface area contributed by atoms with Crippen LogP contribution in [0, 0.1) is 12.8 Å². The van der Waals surface area contributed by atoms with Gasteiger partial charge in [-0.1, -0.05) is 19.3 Å². The minimum absolute atomic E-state index is 0.228. The number of amides is 1. The topological polar surface area (TPSA) is 79.3 Å². The standard InChI is InChI=1S/C15H20N2O3/c1-10-11(7-5-9-16-10)14(18)17-13-8-4-2-3-6-12(13)15(19)20/h5,7,9,12-13H,2-4,6,8H2,1H3,(H,17,18)(H,19,20). The van der Waals surface area contributed by atoms with E-state index in [-0.39, 0.29) is 11.9 Å². The lowest BCUT2D eigenvalue weighted by molar-refractivity contribution is -0.142. The number of nitrogens with one attached hydrogen (secondary N) is 1. The summed E-state index contributed by atoms with van der Waals surface area (Å²) in [5.41, 5.74) is 1.17. The third-order valence-electron chi connectivity index (χ3n) is 3.90. The molecule has 1 aliphatic carbocycles. The largest absolute Gasteiger partial charge is 0.481 e. The Kier molecular flexibility index (Phi) is 4.71. The van der Waals surface area contributed by atoms with Crippen molar-refractivity contribution in [3.8, 4) is 0 Å². The summed E-state index contributed by atoms with van der Waals surface area (Å²) in [7, 11) is 0. The normalized spacial score (nSPS) is 22.9. The zero-order valence-electron chi connectivity index (χ0n) is 11.6. The molecule has 0 saturated heterocycles. The molecule has 1 aromatic heterocycles. The van der Waals surface area contributed by atoms with E-state index in [0.717, 1.165) is 25.7 Å². The van der Waals surface area contributed by atoms with Crippen LogP contribution in [0.15, 0.2) is 18.3 Å². The van der Waals surface area contributed by atoms with E-state index >= 15 is 0 Å². The summed E-state index contributed by atoms with van der Waals surface area (Å²) in [6.07, 6.45) is 5.89. The molecule has 0 radical (unpaired) electrons. The minimum Gasteiger partial charge on any atom is -0.481 e. The summed E-state index contributed by atoms with van der Waals surface area (Å²) >= 11 is 0. The number of hydrogen-bond acceptors (Lipinski definition) is 3. The maximum absolute atomic E-state index is 12.3. The van der Waals surface area contributed by atoms with Gasteiger partial charge in [-0.3, -0.25) is 14.6 Å². The maximum atomic E-state index is 12.3. The van der Waals surface area contributed by atoms with Crippen molar-refractivity contribution in [2.75, 3.05) is 0 Å². The Hall–Kier alpha value is -1.91. The van der Waals surface area contributed by atoms with Crippen LogP contribution in [0.3, 0.4) is 0 Å². The molecule has 0 bridgehead atoms. The van der Waals surface area contributed by atoms with Gasteiger partial charge >= 0.3 is 5.97 Å². The molecule has 1 amide bonds. The highest BCUT2D eigenvalue weighted by Crippen LogP contribution is 2.24. The Morgan fingerprint density at radius 2 is 2.05 bits per heavy atom. The van der Waals surface area contributed by atoms with Gasteiger partial charge in [0, 0.05) is 17.9 Å². The third-order valence-corrected chi connectivity index (χ3v) is 3.90. The fourth-order valence-electron chi connectivity index (χ4n) is 2.75. The average molecular weight is 276 g/mol. The van der Waals surface area contributed by atoms with Gasteiger partial charge in [0.05, 0.1) is 11.5 Å². The quantitative estimate of drug-likeness (QED) is 0.829. The lowest BCUT2D eigenvalue weighted by Gasteiger charge is -2.23. The molecule has 1 saturated carbocycles. The highest BCUT2D eigenvalue weighted by Gasteiger charge is 2.31. The number of carbonyl (C=O) groups is 2. The molecule has 2 unspecified atom stereocenters. The summed E-state index contributed by atoms with van der Waals surface area (Å²) in [5.74, 6) is -1.53. The molecule has 1 aromatic rings. The van der Waals surface area contributed by atoms with E-state index in [1.807, 2.05) is 0 Å². The molecule has 108 valence electrons. The zero-order valence-corrected chi connectivity index (χ0v) is 11.6. The lowest BCUT2D eigenvalue weighted by atomic mass is 9.94. The molecule has 1 heterocycles. The van der Waals surface area contributed by atoms with Gasteiger partial charge in [0.15, 0.2) is 0 Å². The van der Waals surface area contributed by atoms with E-state index < -0.39 is 11.9 Å². The number of carbonyl (C=O) groups excluding carboxylic acids is 1. The van der Waals surface area contributed by atoms with Gasteiger partial charge in [-0.2, -0.15) is 0 Å². The van der Waals surface area contributed by atoms with Gasteiger partial charge in [0.2, 0.25) is 0 Å². The molecule has 2 N–H and O–H groups in total. The van der Waals surface area contributed by atoms with Gasteiger partial charge < -0.3 is 10.4 Å². The van der Waals surface area contributed by atoms with Crippen LogP contribution < -0.4 is 5.32 Å². The number of aryl methyl sites for hydroxylation is 1. The molecular weight excluding hydrogens is 256 g/mol. The van der Waals surface area contributed by atoms with E-state index in [0.29, 0.717) is 17.7 Å². The first kappa shape index (κ1) is 14.5. The molecule has 5 nitrogen and oxygen atoms in total. The smallest absolute Gasteiger partial charge is 0.308 e. The SMILES string of the molecule is Cc1ncccc1C(=O)NC1CCCCCC1C(=O)O. The molecule has 2 atom stereocenters. The second-order valence-corrected chi connectivity index (χ2v) is 5.30. The van der Waals surface area contributed by atoms with Crippen molar-refractivity contribution in [3.63, 3.8) is 0 Å². The molecule has 5 heteroatoms. The van der Waals surface area contributed by atoms with Crippen LogP contribution in [0.2, 0.25) is 0 Å². The second kappa shape index (κ2) is 6.50. The highest BCUT2D eigenvalue weighted by molar-refractivity contribution is 5.95. The fraction of sp³-hybridized carbons (Fsp3) is 0.533. The number of carboxylic acids is 1. The fourth-order valence-corrected chi connectivity index (χ4v) is 2.75. The van der Waals surface area contributed by atoms with Crippen molar-refractivity contribution < 1.29 is 14.7 Å². The zero-order chi connectivity index (χ0) is 14.5. The van der Waals surface area contributed by atoms with Gasteiger partial charge in [-0.15, -0.1) is 0 Å². The van der Waals surface area contributed by atoms with Crippen molar-refractivity contribution in [2.45, 2.75) is 45.1 Å². The monoisotopic (exact) mass is 276 g/mol. The first-order valence-electron chi connectivity index (χ1n) is 7.05. The predicted molar refractivity (Wildman–Crippen MR) is 74.4 cm³/mol. The number of aliphatic carboxylic acids is 1. The molecule has 2 rings (SSSR count). The molecule has 0 spiro atoms. The van der Waals surface area contributed by atoms with Crippen LogP contribution in [0.25, 0.3) is 0 Å². The number of nitrogens with zero attached hydrogens (tertiary/aromatic N) is 1. The van der Waals surface area contributed by atoms with Crippen LogP contribution in [0.1, 0.15) is 48.2 Å². The Bertz CT molecular complexity index is 502. The molecule has 20 heavy (non-hydrogen) atoms. The Labute approximate surface area is 118 Å². The summed E-state index contributed by atoms with van der Waals surface area (Å²) in [6, 6.07) is 3.13.